The van der Waals surface area contributed by atoms with E-state index in [1.807, 2.05) is 6.92 Å². The molecule has 0 aliphatic carbocycles. The Morgan fingerprint density at radius 1 is 1.75 bits per heavy atom. The summed E-state index contributed by atoms with van der Waals surface area (Å²) < 4.78 is 4.56. The molecule has 0 fully saturated rings. The first-order valence-corrected chi connectivity index (χ1v) is 4.19. The highest BCUT2D eigenvalue weighted by Crippen LogP contribution is 2.03. The van der Waals surface area contributed by atoms with Crippen LogP contribution in [0.1, 0.15) is 13.3 Å². The monoisotopic (exact) mass is 193 g/mol. The standard InChI is InChI=1S/C7H12ClNO3/c1-2-6(3-9-5-10)7(11)12-4-8/h5-6H,2-4H2,1H3,(H,9,10). The number of hydrogen-bond acceptors (Lipinski definition) is 3. The first kappa shape index (κ1) is 11.2. The number of esters is 1. The van der Waals surface area contributed by atoms with Gasteiger partial charge in [-0.25, -0.2) is 0 Å². The van der Waals surface area contributed by atoms with Crippen LogP contribution < -0.4 is 5.32 Å². The summed E-state index contributed by atoms with van der Waals surface area (Å²) in [4.78, 5) is 20.9. The van der Waals surface area contributed by atoms with E-state index in [4.69, 9.17) is 11.6 Å². The fraction of sp³-hybridized carbons (Fsp3) is 0.714. The van der Waals surface area contributed by atoms with Crippen LogP contribution in [-0.2, 0) is 14.3 Å². The number of alkyl halides is 1. The molecule has 4 nitrogen and oxygen atoms in total. The van der Waals surface area contributed by atoms with E-state index in [2.05, 4.69) is 10.1 Å². The minimum absolute atomic E-state index is 0.142. The highest BCUT2D eigenvalue weighted by Gasteiger charge is 2.16. The zero-order valence-electron chi connectivity index (χ0n) is 6.88. The maximum absolute atomic E-state index is 11.0. The largest absolute Gasteiger partial charge is 0.449 e. The molecule has 1 unspecified atom stereocenters. The Bertz CT molecular complexity index is 152. The maximum atomic E-state index is 11.0. The molecule has 0 aromatic carbocycles. The quantitative estimate of drug-likeness (QED) is 0.380. The van der Waals surface area contributed by atoms with Gasteiger partial charge in [0.2, 0.25) is 6.41 Å². The van der Waals surface area contributed by atoms with Gasteiger partial charge in [-0.1, -0.05) is 18.5 Å². The summed E-state index contributed by atoms with van der Waals surface area (Å²) in [6.07, 6.45) is 1.17. The number of rotatable bonds is 6. The smallest absolute Gasteiger partial charge is 0.311 e. The van der Waals surface area contributed by atoms with Crippen molar-refractivity contribution in [3.05, 3.63) is 0 Å². The predicted octanol–water partition coefficient (Wildman–Crippen LogP) is 0.498. The minimum atomic E-state index is -0.373. The van der Waals surface area contributed by atoms with Crippen molar-refractivity contribution in [1.29, 1.82) is 0 Å². The lowest BCUT2D eigenvalue weighted by molar-refractivity contribution is -0.146. The lowest BCUT2D eigenvalue weighted by Gasteiger charge is -2.11. The van der Waals surface area contributed by atoms with Crippen molar-refractivity contribution in [2.45, 2.75) is 13.3 Å². The van der Waals surface area contributed by atoms with Gasteiger partial charge in [-0.2, -0.15) is 0 Å². The lowest BCUT2D eigenvalue weighted by Crippen LogP contribution is -2.28. The molecule has 0 radical (unpaired) electrons. The van der Waals surface area contributed by atoms with Gasteiger partial charge in [0, 0.05) is 6.54 Å². The van der Waals surface area contributed by atoms with Crippen LogP contribution >= 0.6 is 11.6 Å². The Hall–Kier alpha value is -0.770. The molecule has 1 N–H and O–H groups in total. The molecule has 0 heterocycles. The number of carbonyl (C=O) groups excluding carboxylic acids is 2. The van der Waals surface area contributed by atoms with E-state index in [0.717, 1.165) is 0 Å². The second-order valence-corrected chi connectivity index (χ2v) is 2.42. The number of nitrogens with one attached hydrogen (secondary N) is 1. The summed E-state index contributed by atoms with van der Waals surface area (Å²) >= 11 is 5.20. The van der Waals surface area contributed by atoms with E-state index in [-0.39, 0.29) is 18.0 Å². The summed E-state index contributed by atoms with van der Waals surface area (Å²) in [5, 5.41) is 2.41. The van der Waals surface area contributed by atoms with Gasteiger partial charge < -0.3 is 10.1 Å². The van der Waals surface area contributed by atoms with Crippen molar-refractivity contribution in [2.75, 3.05) is 12.6 Å². The maximum Gasteiger partial charge on any atom is 0.311 e. The minimum Gasteiger partial charge on any atom is -0.449 e. The fourth-order valence-electron chi connectivity index (χ4n) is 0.756. The van der Waals surface area contributed by atoms with Crippen molar-refractivity contribution in [2.24, 2.45) is 5.92 Å². The summed E-state index contributed by atoms with van der Waals surface area (Å²) in [7, 11) is 0. The van der Waals surface area contributed by atoms with Crippen LogP contribution in [-0.4, -0.2) is 25.0 Å². The van der Waals surface area contributed by atoms with Gasteiger partial charge in [0.25, 0.3) is 0 Å². The van der Waals surface area contributed by atoms with Crippen LogP contribution in [0.2, 0.25) is 0 Å². The molecule has 5 heteroatoms. The van der Waals surface area contributed by atoms with Crippen LogP contribution in [0.5, 0.6) is 0 Å². The molecule has 0 aliphatic heterocycles. The van der Waals surface area contributed by atoms with Gasteiger partial charge in [0.05, 0.1) is 5.92 Å². The van der Waals surface area contributed by atoms with E-state index in [1.165, 1.54) is 0 Å². The van der Waals surface area contributed by atoms with Crippen molar-refractivity contribution >= 4 is 24.0 Å². The third-order valence-electron chi connectivity index (χ3n) is 1.47. The van der Waals surface area contributed by atoms with E-state index >= 15 is 0 Å². The molecule has 0 saturated carbocycles. The van der Waals surface area contributed by atoms with Gasteiger partial charge in [0.15, 0.2) is 6.07 Å². The third-order valence-corrected chi connectivity index (χ3v) is 1.58. The van der Waals surface area contributed by atoms with Crippen molar-refractivity contribution in [1.82, 2.24) is 5.32 Å². The first-order valence-electron chi connectivity index (χ1n) is 3.65. The third kappa shape index (κ3) is 4.18. The second-order valence-electron chi connectivity index (χ2n) is 2.20. The zero-order chi connectivity index (χ0) is 9.40. The average Bonchev–Trinajstić information content (AvgIpc) is 2.06. The molecule has 0 rings (SSSR count). The Kier molecular flexibility index (Phi) is 6.47. The lowest BCUT2D eigenvalue weighted by atomic mass is 10.1. The topological polar surface area (TPSA) is 55.4 Å². The molecule has 0 bridgehead atoms. The van der Waals surface area contributed by atoms with Crippen LogP contribution in [0.4, 0.5) is 0 Å². The van der Waals surface area contributed by atoms with Crippen molar-refractivity contribution in [3.63, 3.8) is 0 Å². The Morgan fingerprint density at radius 3 is 2.83 bits per heavy atom. The van der Waals surface area contributed by atoms with Crippen LogP contribution in [0.25, 0.3) is 0 Å². The van der Waals surface area contributed by atoms with E-state index in [0.29, 0.717) is 19.4 Å². The van der Waals surface area contributed by atoms with Gasteiger partial charge in [0.1, 0.15) is 0 Å². The molecule has 0 aromatic heterocycles. The summed E-state index contributed by atoms with van der Waals surface area (Å²) in [6.45, 7) is 2.14. The summed E-state index contributed by atoms with van der Waals surface area (Å²) in [6, 6.07) is -0.142. The number of amides is 1. The van der Waals surface area contributed by atoms with Gasteiger partial charge >= 0.3 is 5.97 Å². The first-order chi connectivity index (χ1) is 5.76. The van der Waals surface area contributed by atoms with Crippen LogP contribution in [0.15, 0.2) is 0 Å². The van der Waals surface area contributed by atoms with E-state index in [1.54, 1.807) is 0 Å². The molecular formula is C7H12ClNO3. The number of halogens is 1. The number of ether oxygens (including phenoxy) is 1. The number of carbonyl (C=O) groups is 2. The van der Waals surface area contributed by atoms with Gasteiger partial charge in [-0.05, 0) is 6.42 Å². The molecule has 1 amide bonds. The molecule has 0 saturated heterocycles. The van der Waals surface area contributed by atoms with Crippen molar-refractivity contribution < 1.29 is 14.3 Å². The Morgan fingerprint density at radius 2 is 2.42 bits per heavy atom. The van der Waals surface area contributed by atoms with Crippen molar-refractivity contribution in [3.8, 4) is 0 Å². The Labute approximate surface area is 76.2 Å². The summed E-state index contributed by atoms with van der Waals surface area (Å²) in [5.41, 5.74) is 0. The zero-order valence-corrected chi connectivity index (χ0v) is 7.63. The number of hydrogen-bond donors (Lipinski definition) is 1. The normalized spacial score (nSPS) is 11.8. The molecule has 1 atom stereocenters. The molecule has 0 aliphatic rings. The average molecular weight is 194 g/mol. The van der Waals surface area contributed by atoms with Gasteiger partial charge in [-0.3, -0.25) is 9.59 Å². The molecule has 0 spiro atoms. The van der Waals surface area contributed by atoms with E-state index in [9.17, 15) is 9.59 Å². The highest BCUT2D eigenvalue weighted by atomic mass is 35.5. The molecule has 12 heavy (non-hydrogen) atoms. The van der Waals surface area contributed by atoms with Crippen LogP contribution in [0.3, 0.4) is 0 Å². The fourth-order valence-corrected chi connectivity index (χ4v) is 0.864. The highest BCUT2D eigenvalue weighted by molar-refractivity contribution is 6.17. The molecule has 70 valence electrons. The Balaban J connectivity index is 3.78. The summed E-state index contributed by atoms with van der Waals surface area (Å²) in [5.74, 6) is -0.671. The molecular weight excluding hydrogens is 182 g/mol. The van der Waals surface area contributed by atoms with Crippen LogP contribution in [0, 0.1) is 5.92 Å². The van der Waals surface area contributed by atoms with Gasteiger partial charge in [-0.15, -0.1) is 0 Å². The van der Waals surface area contributed by atoms with E-state index < -0.39 is 0 Å². The second kappa shape index (κ2) is 6.91. The predicted molar refractivity (Wildman–Crippen MR) is 44.7 cm³/mol. The molecule has 0 aromatic rings. The SMILES string of the molecule is CCC(CNC=O)C(=O)OCCl.